The highest BCUT2D eigenvalue weighted by Gasteiger charge is 2.11. The summed E-state index contributed by atoms with van der Waals surface area (Å²) in [5.74, 6) is 0.529. The Kier molecular flexibility index (Phi) is 5.59. The van der Waals surface area contributed by atoms with E-state index in [0.717, 1.165) is 11.3 Å². The first-order valence-corrected chi connectivity index (χ1v) is 7.88. The van der Waals surface area contributed by atoms with E-state index in [9.17, 15) is 4.79 Å². The van der Waals surface area contributed by atoms with Crippen molar-refractivity contribution in [2.45, 2.75) is 12.3 Å². The molecule has 2 rings (SSSR count). The van der Waals surface area contributed by atoms with Crippen molar-refractivity contribution in [3.05, 3.63) is 52.8 Å². The van der Waals surface area contributed by atoms with Crippen molar-refractivity contribution in [2.24, 2.45) is 0 Å². The van der Waals surface area contributed by atoms with Gasteiger partial charge in [0.15, 0.2) is 0 Å². The molecule has 0 atom stereocenters. The standard InChI is InChI=1S/C15H14BrClN2O2/c1-2-21-14-4-3-11(7-10(14)8-16)19-15(20)12-5-6-18-9-13(12)17/h3-7,9H,2,8H2,1H3,(H,19,20). The number of nitrogens with zero attached hydrogens (tertiary/aromatic N) is 1. The maximum absolute atomic E-state index is 12.2. The molecular formula is C15H14BrClN2O2. The van der Waals surface area contributed by atoms with Gasteiger partial charge in [-0.3, -0.25) is 9.78 Å². The smallest absolute Gasteiger partial charge is 0.257 e. The first-order chi connectivity index (χ1) is 10.2. The van der Waals surface area contributed by atoms with E-state index in [1.54, 1.807) is 12.1 Å². The molecule has 4 nitrogen and oxygen atoms in total. The van der Waals surface area contributed by atoms with E-state index in [4.69, 9.17) is 16.3 Å². The number of halogens is 2. The number of amides is 1. The first-order valence-electron chi connectivity index (χ1n) is 6.38. The number of carbonyl (C=O) groups excluding carboxylic acids is 1. The molecule has 0 aliphatic heterocycles. The number of hydrogen-bond donors (Lipinski definition) is 1. The summed E-state index contributed by atoms with van der Waals surface area (Å²) in [5, 5.41) is 3.78. The van der Waals surface area contributed by atoms with Gasteiger partial charge in [-0.2, -0.15) is 0 Å². The Morgan fingerprint density at radius 1 is 1.43 bits per heavy atom. The van der Waals surface area contributed by atoms with Crippen LogP contribution >= 0.6 is 27.5 Å². The van der Waals surface area contributed by atoms with Crippen LogP contribution in [0.4, 0.5) is 5.69 Å². The van der Waals surface area contributed by atoms with Gasteiger partial charge in [0.1, 0.15) is 5.75 Å². The Hall–Kier alpha value is -1.59. The van der Waals surface area contributed by atoms with E-state index in [1.807, 2.05) is 19.1 Å². The van der Waals surface area contributed by atoms with Crippen molar-refractivity contribution in [1.82, 2.24) is 4.98 Å². The molecule has 2 aromatic rings. The molecule has 1 amide bonds. The van der Waals surface area contributed by atoms with E-state index in [1.165, 1.54) is 12.4 Å². The number of benzene rings is 1. The summed E-state index contributed by atoms with van der Waals surface area (Å²) in [6.07, 6.45) is 2.97. The Morgan fingerprint density at radius 2 is 2.24 bits per heavy atom. The third-order valence-corrected chi connectivity index (χ3v) is 3.68. The van der Waals surface area contributed by atoms with Gasteiger partial charge in [-0.25, -0.2) is 0 Å². The molecule has 1 aromatic heterocycles. The summed E-state index contributed by atoms with van der Waals surface area (Å²) < 4.78 is 5.52. The van der Waals surface area contributed by atoms with Crippen LogP contribution in [-0.4, -0.2) is 17.5 Å². The number of nitrogens with one attached hydrogen (secondary N) is 1. The monoisotopic (exact) mass is 368 g/mol. The molecule has 1 heterocycles. The van der Waals surface area contributed by atoms with Crippen LogP contribution in [0, 0.1) is 0 Å². The lowest BCUT2D eigenvalue weighted by Gasteiger charge is -2.11. The molecule has 0 aliphatic rings. The molecular weight excluding hydrogens is 356 g/mol. The third-order valence-electron chi connectivity index (χ3n) is 2.78. The van der Waals surface area contributed by atoms with Crippen LogP contribution in [0.5, 0.6) is 5.75 Å². The average Bonchev–Trinajstić information content (AvgIpc) is 2.49. The Bertz CT molecular complexity index is 649. The van der Waals surface area contributed by atoms with Crippen molar-refractivity contribution >= 4 is 39.1 Å². The molecule has 0 unspecified atom stereocenters. The molecule has 0 saturated carbocycles. The summed E-state index contributed by atoms with van der Waals surface area (Å²) in [6.45, 7) is 2.53. The summed E-state index contributed by atoms with van der Waals surface area (Å²) in [4.78, 5) is 16.0. The van der Waals surface area contributed by atoms with E-state index in [0.29, 0.717) is 28.2 Å². The molecule has 1 aromatic carbocycles. The topological polar surface area (TPSA) is 51.2 Å². The molecule has 0 saturated heterocycles. The van der Waals surface area contributed by atoms with Crippen LogP contribution in [0.3, 0.4) is 0 Å². The predicted molar refractivity (Wildman–Crippen MR) is 87.4 cm³/mol. The van der Waals surface area contributed by atoms with Gasteiger partial charge >= 0.3 is 0 Å². The van der Waals surface area contributed by atoms with Gasteiger partial charge in [-0.05, 0) is 31.2 Å². The van der Waals surface area contributed by atoms with Crippen LogP contribution in [0.2, 0.25) is 5.02 Å². The lowest BCUT2D eigenvalue weighted by molar-refractivity contribution is 0.102. The molecule has 0 radical (unpaired) electrons. The predicted octanol–water partition coefficient (Wildman–Crippen LogP) is 4.28. The minimum absolute atomic E-state index is 0.271. The fourth-order valence-electron chi connectivity index (χ4n) is 1.82. The molecule has 6 heteroatoms. The van der Waals surface area contributed by atoms with E-state index in [-0.39, 0.29) is 5.91 Å². The Labute approximate surface area is 136 Å². The molecule has 110 valence electrons. The van der Waals surface area contributed by atoms with Crippen molar-refractivity contribution in [1.29, 1.82) is 0 Å². The number of hydrogen-bond acceptors (Lipinski definition) is 3. The van der Waals surface area contributed by atoms with Crippen molar-refractivity contribution < 1.29 is 9.53 Å². The van der Waals surface area contributed by atoms with Crippen LogP contribution in [0.25, 0.3) is 0 Å². The number of carbonyl (C=O) groups is 1. The van der Waals surface area contributed by atoms with E-state index < -0.39 is 0 Å². The van der Waals surface area contributed by atoms with Gasteiger partial charge < -0.3 is 10.1 Å². The summed E-state index contributed by atoms with van der Waals surface area (Å²) in [5.41, 5.74) is 2.04. The maximum Gasteiger partial charge on any atom is 0.257 e. The zero-order chi connectivity index (χ0) is 15.2. The van der Waals surface area contributed by atoms with Gasteiger partial charge in [0, 0.05) is 29.0 Å². The van der Waals surface area contributed by atoms with Crippen molar-refractivity contribution in [3.63, 3.8) is 0 Å². The van der Waals surface area contributed by atoms with Crippen molar-refractivity contribution in [2.75, 3.05) is 11.9 Å². The lowest BCUT2D eigenvalue weighted by atomic mass is 10.2. The second-order valence-electron chi connectivity index (χ2n) is 4.20. The average molecular weight is 370 g/mol. The number of rotatable bonds is 5. The number of aromatic nitrogens is 1. The number of alkyl halides is 1. The highest BCUT2D eigenvalue weighted by atomic mass is 79.9. The SMILES string of the molecule is CCOc1ccc(NC(=O)c2ccncc2Cl)cc1CBr. The summed E-state index contributed by atoms with van der Waals surface area (Å²) in [7, 11) is 0. The molecule has 0 fully saturated rings. The minimum Gasteiger partial charge on any atom is -0.494 e. The van der Waals surface area contributed by atoms with Gasteiger partial charge in [-0.1, -0.05) is 27.5 Å². The largest absolute Gasteiger partial charge is 0.494 e. The van der Waals surface area contributed by atoms with Crippen LogP contribution < -0.4 is 10.1 Å². The quantitative estimate of drug-likeness (QED) is 0.800. The second-order valence-corrected chi connectivity index (χ2v) is 5.17. The van der Waals surface area contributed by atoms with Gasteiger partial charge in [0.05, 0.1) is 17.2 Å². The first kappa shape index (κ1) is 15.8. The lowest BCUT2D eigenvalue weighted by Crippen LogP contribution is -2.12. The van der Waals surface area contributed by atoms with E-state index >= 15 is 0 Å². The molecule has 0 spiro atoms. The number of pyridine rings is 1. The Balaban J connectivity index is 2.20. The summed E-state index contributed by atoms with van der Waals surface area (Å²) in [6, 6.07) is 7.08. The maximum atomic E-state index is 12.2. The van der Waals surface area contributed by atoms with Crippen molar-refractivity contribution in [3.8, 4) is 5.75 Å². The third kappa shape index (κ3) is 3.95. The molecule has 0 bridgehead atoms. The molecule has 0 aliphatic carbocycles. The highest BCUT2D eigenvalue weighted by molar-refractivity contribution is 9.08. The second kappa shape index (κ2) is 7.43. The number of anilines is 1. The van der Waals surface area contributed by atoms with Crippen LogP contribution in [0.15, 0.2) is 36.7 Å². The van der Waals surface area contributed by atoms with Crippen LogP contribution in [-0.2, 0) is 5.33 Å². The van der Waals surface area contributed by atoms with Gasteiger partial charge in [0.2, 0.25) is 0 Å². The summed E-state index contributed by atoms with van der Waals surface area (Å²) >= 11 is 9.37. The zero-order valence-corrected chi connectivity index (χ0v) is 13.7. The van der Waals surface area contributed by atoms with Gasteiger partial charge in [0.25, 0.3) is 5.91 Å². The highest BCUT2D eigenvalue weighted by Crippen LogP contribution is 2.26. The van der Waals surface area contributed by atoms with Gasteiger partial charge in [-0.15, -0.1) is 0 Å². The molecule has 1 N–H and O–H groups in total. The minimum atomic E-state index is -0.271. The van der Waals surface area contributed by atoms with E-state index in [2.05, 4.69) is 26.2 Å². The number of ether oxygens (including phenoxy) is 1. The Morgan fingerprint density at radius 3 is 2.90 bits per heavy atom. The fourth-order valence-corrected chi connectivity index (χ4v) is 2.46. The normalized spacial score (nSPS) is 10.2. The molecule has 21 heavy (non-hydrogen) atoms. The zero-order valence-electron chi connectivity index (χ0n) is 11.4. The fraction of sp³-hybridized carbons (Fsp3) is 0.200. The van der Waals surface area contributed by atoms with Crippen LogP contribution in [0.1, 0.15) is 22.8 Å².